The van der Waals surface area contributed by atoms with Gasteiger partial charge in [-0.2, -0.15) is 0 Å². The zero-order valence-electron chi connectivity index (χ0n) is 14.5. The van der Waals surface area contributed by atoms with Gasteiger partial charge in [0.05, 0.1) is 10.9 Å². The van der Waals surface area contributed by atoms with Crippen LogP contribution < -0.4 is 0 Å². The topological polar surface area (TPSA) is 42.2 Å². The van der Waals surface area contributed by atoms with Crippen molar-refractivity contribution in [3.05, 3.63) is 58.8 Å². The first-order valence-corrected chi connectivity index (χ1v) is 9.79. The van der Waals surface area contributed by atoms with E-state index >= 15 is 0 Å². The van der Waals surface area contributed by atoms with Crippen molar-refractivity contribution in [2.45, 2.75) is 38.6 Å². The Morgan fingerprint density at radius 2 is 2.04 bits per heavy atom. The van der Waals surface area contributed by atoms with E-state index in [0.717, 1.165) is 43.1 Å². The molecule has 5 heteroatoms. The number of hydrogen-bond acceptors (Lipinski definition) is 5. The fourth-order valence-corrected chi connectivity index (χ4v) is 4.31. The van der Waals surface area contributed by atoms with Crippen LogP contribution in [0.3, 0.4) is 0 Å². The van der Waals surface area contributed by atoms with Crippen LogP contribution in [-0.4, -0.2) is 28.2 Å². The summed E-state index contributed by atoms with van der Waals surface area (Å²) in [5.74, 6) is 1.43. The predicted molar refractivity (Wildman–Crippen MR) is 101 cm³/mol. The van der Waals surface area contributed by atoms with Crippen LogP contribution in [0.5, 0.6) is 0 Å². The van der Waals surface area contributed by atoms with Gasteiger partial charge in [-0.1, -0.05) is 30.3 Å². The van der Waals surface area contributed by atoms with Crippen LogP contribution in [0, 0.1) is 6.92 Å². The fourth-order valence-electron chi connectivity index (χ4n) is 3.52. The smallest absolute Gasteiger partial charge is 0.257 e. The third kappa shape index (κ3) is 3.83. The molecule has 25 heavy (non-hydrogen) atoms. The molecule has 1 aromatic carbocycles. The molecule has 1 aliphatic heterocycles. The number of likely N-dealkylation sites (tertiary alicyclic amines) is 1. The average molecular weight is 353 g/mol. The summed E-state index contributed by atoms with van der Waals surface area (Å²) >= 11 is 1.70. The van der Waals surface area contributed by atoms with Crippen molar-refractivity contribution >= 4 is 11.3 Å². The van der Waals surface area contributed by atoms with E-state index in [1.165, 1.54) is 16.9 Å². The minimum atomic E-state index is 0.276. The summed E-state index contributed by atoms with van der Waals surface area (Å²) < 4.78 is 6.01. The highest BCUT2D eigenvalue weighted by atomic mass is 32.1. The third-order valence-corrected chi connectivity index (χ3v) is 5.78. The van der Waals surface area contributed by atoms with Crippen molar-refractivity contribution in [2.24, 2.45) is 0 Å². The van der Waals surface area contributed by atoms with Gasteiger partial charge in [0.2, 0.25) is 5.89 Å². The molecule has 3 heterocycles. The molecule has 1 saturated heterocycles. The quantitative estimate of drug-likeness (QED) is 0.633. The second-order valence-corrected chi connectivity index (χ2v) is 7.93. The molecule has 0 spiro atoms. The van der Waals surface area contributed by atoms with Crippen molar-refractivity contribution in [1.29, 1.82) is 0 Å². The summed E-state index contributed by atoms with van der Waals surface area (Å²) in [4.78, 5) is 4.82. The van der Waals surface area contributed by atoms with Gasteiger partial charge in [-0.15, -0.1) is 21.5 Å². The van der Waals surface area contributed by atoms with Gasteiger partial charge in [0.1, 0.15) is 0 Å². The minimum absolute atomic E-state index is 0.276. The van der Waals surface area contributed by atoms with Gasteiger partial charge in [0.25, 0.3) is 5.89 Å². The first-order chi connectivity index (χ1) is 12.3. The summed E-state index contributed by atoms with van der Waals surface area (Å²) in [6.45, 7) is 4.29. The van der Waals surface area contributed by atoms with Crippen molar-refractivity contribution in [3.63, 3.8) is 0 Å². The van der Waals surface area contributed by atoms with Crippen LogP contribution in [0.4, 0.5) is 0 Å². The summed E-state index contributed by atoms with van der Waals surface area (Å²) in [7, 11) is 0. The van der Waals surface area contributed by atoms with E-state index in [2.05, 4.69) is 64.5 Å². The third-order valence-electron chi connectivity index (χ3n) is 4.79. The lowest BCUT2D eigenvalue weighted by atomic mass is 10.1. The molecule has 0 aliphatic carbocycles. The largest absolute Gasteiger partial charge is 0.418 e. The Hall–Kier alpha value is -1.98. The number of aryl methyl sites for hydroxylation is 2. The molecular formula is C20H23N3OS. The Kier molecular flexibility index (Phi) is 4.95. The number of aromatic nitrogens is 2. The molecule has 0 radical (unpaired) electrons. The van der Waals surface area contributed by atoms with E-state index in [1.54, 1.807) is 11.3 Å². The van der Waals surface area contributed by atoms with Gasteiger partial charge >= 0.3 is 0 Å². The Bertz CT molecular complexity index is 811. The summed E-state index contributed by atoms with van der Waals surface area (Å²) in [5, 5.41) is 8.62. The van der Waals surface area contributed by atoms with Crippen LogP contribution in [-0.2, 0) is 6.42 Å². The highest BCUT2D eigenvalue weighted by molar-refractivity contribution is 7.15. The highest BCUT2D eigenvalue weighted by Gasteiger charge is 2.30. The van der Waals surface area contributed by atoms with Crippen LogP contribution in [0.25, 0.3) is 10.8 Å². The molecule has 4 nitrogen and oxygen atoms in total. The summed E-state index contributed by atoms with van der Waals surface area (Å²) in [5.41, 5.74) is 1.41. The first kappa shape index (κ1) is 16.5. The lowest BCUT2D eigenvalue weighted by molar-refractivity contribution is 0.221. The summed E-state index contributed by atoms with van der Waals surface area (Å²) in [6, 6.07) is 15.1. The maximum Gasteiger partial charge on any atom is 0.257 e. The minimum Gasteiger partial charge on any atom is -0.418 e. The van der Waals surface area contributed by atoms with Gasteiger partial charge in [-0.25, -0.2) is 0 Å². The standard InChI is InChI=1S/C20H23N3OS/c1-15-11-12-18(25-15)20-22-21-19(24-20)17-10-6-14-23(17)13-5-9-16-7-3-2-4-8-16/h2-4,7-8,11-12,17H,5-6,9-10,13-14H2,1H3/t17-/m0/s1. The summed E-state index contributed by atoms with van der Waals surface area (Å²) in [6.07, 6.45) is 4.58. The van der Waals surface area contributed by atoms with Crippen LogP contribution in [0.15, 0.2) is 46.9 Å². The molecule has 1 atom stereocenters. The molecule has 0 N–H and O–H groups in total. The van der Waals surface area contributed by atoms with Crippen molar-refractivity contribution < 1.29 is 4.42 Å². The lowest BCUT2D eigenvalue weighted by Gasteiger charge is -2.21. The molecule has 3 aromatic rings. The SMILES string of the molecule is Cc1ccc(-c2nnc([C@@H]3CCCN3CCCc3ccccc3)o2)s1. The molecule has 0 bridgehead atoms. The Labute approximate surface area is 152 Å². The number of nitrogens with zero attached hydrogens (tertiary/aromatic N) is 3. The maximum absolute atomic E-state index is 6.01. The predicted octanol–water partition coefficient (Wildman–Crippen LogP) is 4.88. The lowest BCUT2D eigenvalue weighted by Crippen LogP contribution is -2.25. The van der Waals surface area contributed by atoms with Gasteiger partial charge < -0.3 is 4.42 Å². The molecule has 130 valence electrons. The second-order valence-electron chi connectivity index (χ2n) is 6.64. The van der Waals surface area contributed by atoms with Crippen molar-refractivity contribution in [1.82, 2.24) is 15.1 Å². The van der Waals surface area contributed by atoms with Gasteiger partial charge in [0.15, 0.2) is 0 Å². The van der Waals surface area contributed by atoms with Gasteiger partial charge in [-0.05, 0) is 63.4 Å². The van der Waals surface area contributed by atoms with E-state index < -0.39 is 0 Å². The van der Waals surface area contributed by atoms with E-state index in [4.69, 9.17) is 4.42 Å². The van der Waals surface area contributed by atoms with Gasteiger partial charge in [-0.3, -0.25) is 4.90 Å². The number of rotatable bonds is 6. The second kappa shape index (κ2) is 7.50. The van der Waals surface area contributed by atoms with Crippen molar-refractivity contribution in [2.75, 3.05) is 13.1 Å². The number of thiophene rings is 1. The molecular weight excluding hydrogens is 330 g/mol. The normalized spacial score (nSPS) is 18.0. The monoisotopic (exact) mass is 353 g/mol. The zero-order chi connectivity index (χ0) is 17.1. The number of benzene rings is 1. The fraction of sp³-hybridized carbons (Fsp3) is 0.400. The molecule has 0 amide bonds. The molecule has 2 aromatic heterocycles. The molecule has 1 aliphatic rings. The Morgan fingerprint density at radius 3 is 2.84 bits per heavy atom. The van der Waals surface area contributed by atoms with E-state index in [0.29, 0.717) is 5.89 Å². The van der Waals surface area contributed by atoms with Crippen LogP contribution in [0.1, 0.15) is 41.6 Å². The van der Waals surface area contributed by atoms with E-state index in [-0.39, 0.29) is 6.04 Å². The average Bonchev–Trinajstić information content (AvgIpc) is 3.35. The van der Waals surface area contributed by atoms with Crippen LogP contribution >= 0.6 is 11.3 Å². The maximum atomic E-state index is 6.01. The zero-order valence-corrected chi connectivity index (χ0v) is 15.3. The first-order valence-electron chi connectivity index (χ1n) is 8.98. The molecule has 0 saturated carbocycles. The molecule has 0 unspecified atom stereocenters. The number of hydrogen-bond donors (Lipinski definition) is 0. The Morgan fingerprint density at radius 1 is 1.16 bits per heavy atom. The highest BCUT2D eigenvalue weighted by Crippen LogP contribution is 2.34. The molecule has 1 fully saturated rings. The Balaban J connectivity index is 1.39. The van der Waals surface area contributed by atoms with Crippen molar-refractivity contribution in [3.8, 4) is 10.8 Å². The van der Waals surface area contributed by atoms with Crippen LogP contribution in [0.2, 0.25) is 0 Å². The van der Waals surface area contributed by atoms with E-state index in [1.807, 2.05) is 0 Å². The van der Waals surface area contributed by atoms with E-state index in [9.17, 15) is 0 Å². The molecule has 4 rings (SSSR count). The van der Waals surface area contributed by atoms with Gasteiger partial charge in [0, 0.05) is 4.88 Å².